The van der Waals surface area contributed by atoms with Gasteiger partial charge >= 0.3 is 0 Å². The summed E-state index contributed by atoms with van der Waals surface area (Å²) in [7, 11) is -3.33. The van der Waals surface area contributed by atoms with E-state index < -0.39 is 10.0 Å². The summed E-state index contributed by atoms with van der Waals surface area (Å²) in [6.07, 6.45) is 4.01. The Morgan fingerprint density at radius 2 is 1.84 bits per heavy atom. The predicted octanol–water partition coefficient (Wildman–Crippen LogP) is 3.22. The van der Waals surface area contributed by atoms with Gasteiger partial charge in [0.25, 0.3) is 0 Å². The number of rotatable bonds is 3. The molecule has 2 rings (SSSR count). The average molecular weight is 299 g/mol. The summed E-state index contributed by atoms with van der Waals surface area (Å²) >= 11 is 1.62. The minimum absolute atomic E-state index is 0.0739. The van der Waals surface area contributed by atoms with Crippen molar-refractivity contribution >= 4 is 21.8 Å². The van der Waals surface area contributed by atoms with Gasteiger partial charge in [-0.05, 0) is 48.8 Å². The first-order valence-corrected chi connectivity index (χ1v) is 9.16. The van der Waals surface area contributed by atoms with Crippen LogP contribution in [0.2, 0.25) is 0 Å². The summed E-state index contributed by atoms with van der Waals surface area (Å²) in [5.41, 5.74) is 0.0739. The zero-order chi connectivity index (χ0) is 14.1. The standard InChI is InChI=1S/C14H21NO2S2/c1-14(2)9-4-10-15(11-14)19(16,17)13-7-5-12(18-3)6-8-13/h5-8H,4,9-11H2,1-3H3. The van der Waals surface area contributed by atoms with E-state index in [1.54, 1.807) is 28.2 Å². The van der Waals surface area contributed by atoms with E-state index >= 15 is 0 Å². The number of sulfonamides is 1. The molecule has 1 aromatic carbocycles. The van der Waals surface area contributed by atoms with Crippen molar-refractivity contribution in [2.75, 3.05) is 19.3 Å². The minimum Gasteiger partial charge on any atom is -0.207 e. The lowest BCUT2D eigenvalue weighted by atomic mass is 9.85. The van der Waals surface area contributed by atoms with Crippen molar-refractivity contribution in [1.82, 2.24) is 4.31 Å². The maximum Gasteiger partial charge on any atom is 0.243 e. The zero-order valence-electron chi connectivity index (χ0n) is 11.7. The molecule has 0 amide bonds. The number of thioether (sulfide) groups is 1. The third-order valence-corrected chi connectivity index (χ3v) is 6.17. The summed E-state index contributed by atoms with van der Waals surface area (Å²) in [6, 6.07) is 7.16. The monoisotopic (exact) mass is 299 g/mol. The molecule has 5 heteroatoms. The lowest BCUT2D eigenvalue weighted by Gasteiger charge is -2.37. The smallest absolute Gasteiger partial charge is 0.207 e. The van der Waals surface area contributed by atoms with Crippen LogP contribution in [0.15, 0.2) is 34.1 Å². The van der Waals surface area contributed by atoms with Gasteiger partial charge in [0.15, 0.2) is 0 Å². The van der Waals surface area contributed by atoms with Crippen molar-refractivity contribution in [3.8, 4) is 0 Å². The van der Waals surface area contributed by atoms with E-state index in [1.807, 2.05) is 18.4 Å². The maximum absolute atomic E-state index is 12.6. The second-order valence-electron chi connectivity index (χ2n) is 5.78. The molecule has 106 valence electrons. The number of hydrogen-bond acceptors (Lipinski definition) is 3. The Kier molecular flexibility index (Phi) is 4.28. The number of piperidine rings is 1. The van der Waals surface area contributed by atoms with Crippen molar-refractivity contribution in [2.24, 2.45) is 5.41 Å². The molecular formula is C14H21NO2S2. The molecule has 0 N–H and O–H groups in total. The van der Waals surface area contributed by atoms with Gasteiger partial charge in [-0.1, -0.05) is 13.8 Å². The highest BCUT2D eigenvalue weighted by atomic mass is 32.2. The molecule has 3 nitrogen and oxygen atoms in total. The molecule has 1 saturated heterocycles. The van der Waals surface area contributed by atoms with Crippen molar-refractivity contribution in [1.29, 1.82) is 0 Å². The molecule has 0 bridgehead atoms. The van der Waals surface area contributed by atoms with Crippen LogP contribution in [0.4, 0.5) is 0 Å². The summed E-state index contributed by atoms with van der Waals surface area (Å²) in [4.78, 5) is 1.49. The van der Waals surface area contributed by atoms with E-state index in [0.717, 1.165) is 17.7 Å². The summed E-state index contributed by atoms with van der Waals surface area (Å²) in [5.74, 6) is 0. The van der Waals surface area contributed by atoms with Gasteiger partial charge in [-0.15, -0.1) is 11.8 Å². The third kappa shape index (κ3) is 3.33. The molecule has 0 spiro atoms. The van der Waals surface area contributed by atoms with E-state index in [4.69, 9.17) is 0 Å². The fourth-order valence-electron chi connectivity index (χ4n) is 2.47. The highest BCUT2D eigenvalue weighted by Crippen LogP contribution is 2.32. The van der Waals surface area contributed by atoms with Crippen LogP contribution in [0.25, 0.3) is 0 Å². The van der Waals surface area contributed by atoms with Crippen LogP contribution in [-0.4, -0.2) is 32.1 Å². The topological polar surface area (TPSA) is 37.4 Å². The van der Waals surface area contributed by atoms with Crippen LogP contribution in [0.3, 0.4) is 0 Å². The van der Waals surface area contributed by atoms with Crippen LogP contribution >= 0.6 is 11.8 Å². The summed E-state index contributed by atoms with van der Waals surface area (Å²) in [6.45, 7) is 5.51. The van der Waals surface area contributed by atoms with Gasteiger partial charge in [0.1, 0.15) is 0 Å². The molecule has 0 unspecified atom stereocenters. The number of hydrogen-bond donors (Lipinski definition) is 0. The second kappa shape index (κ2) is 5.46. The van der Waals surface area contributed by atoms with Crippen LogP contribution in [0.5, 0.6) is 0 Å². The molecular weight excluding hydrogens is 278 g/mol. The predicted molar refractivity (Wildman–Crippen MR) is 80.0 cm³/mol. The molecule has 19 heavy (non-hydrogen) atoms. The fourth-order valence-corrected chi connectivity index (χ4v) is 4.55. The fraction of sp³-hybridized carbons (Fsp3) is 0.571. The first kappa shape index (κ1) is 14.9. The molecule has 1 aliphatic rings. The van der Waals surface area contributed by atoms with Gasteiger partial charge in [-0.25, -0.2) is 8.42 Å². The number of nitrogens with zero attached hydrogens (tertiary/aromatic N) is 1. The van der Waals surface area contributed by atoms with Crippen LogP contribution < -0.4 is 0 Å². The Balaban J connectivity index is 2.26. The van der Waals surface area contributed by atoms with Gasteiger partial charge in [0.05, 0.1) is 4.90 Å². The highest BCUT2D eigenvalue weighted by Gasteiger charge is 2.33. The highest BCUT2D eigenvalue weighted by molar-refractivity contribution is 7.98. The van der Waals surface area contributed by atoms with Crippen molar-refractivity contribution < 1.29 is 8.42 Å². The van der Waals surface area contributed by atoms with Gasteiger partial charge in [-0.3, -0.25) is 0 Å². The Hall–Kier alpha value is -0.520. The van der Waals surface area contributed by atoms with Gasteiger partial charge < -0.3 is 0 Å². The van der Waals surface area contributed by atoms with E-state index in [0.29, 0.717) is 18.0 Å². The quantitative estimate of drug-likeness (QED) is 0.804. The molecule has 1 aliphatic heterocycles. The summed E-state index contributed by atoms with van der Waals surface area (Å²) in [5, 5.41) is 0. The van der Waals surface area contributed by atoms with Gasteiger partial charge in [0.2, 0.25) is 10.0 Å². The molecule has 1 fully saturated rings. The largest absolute Gasteiger partial charge is 0.243 e. The molecule has 0 aromatic heterocycles. The average Bonchev–Trinajstić information content (AvgIpc) is 2.37. The zero-order valence-corrected chi connectivity index (χ0v) is 13.4. The SMILES string of the molecule is CSc1ccc(S(=O)(=O)N2CCCC(C)(C)C2)cc1. The number of benzene rings is 1. The Labute approximate surface area is 120 Å². The van der Waals surface area contributed by atoms with Crippen LogP contribution in [-0.2, 0) is 10.0 Å². The summed E-state index contributed by atoms with van der Waals surface area (Å²) < 4.78 is 26.8. The van der Waals surface area contributed by atoms with Crippen molar-refractivity contribution in [3.05, 3.63) is 24.3 Å². The lowest BCUT2D eigenvalue weighted by Crippen LogP contribution is -2.43. The van der Waals surface area contributed by atoms with E-state index in [1.165, 1.54) is 0 Å². The van der Waals surface area contributed by atoms with E-state index in [9.17, 15) is 8.42 Å². The first-order valence-electron chi connectivity index (χ1n) is 6.49. The lowest BCUT2D eigenvalue weighted by molar-refractivity contribution is 0.187. The Bertz CT molecular complexity index is 535. The normalized spacial score (nSPS) is 20.4. The molecule has 0 radical (unpaired) electrons. The van der Waals surface area contributed by atoms with Crippen LogP contribution in [0, 0.1) is 5.41 Å². The van der Waals surface area contributed by atoms with Gasteiger partial charge in [0, 0.05) is 18.0 Å². The van der Waals surface area contributed by atoms with E-state index in [2.05, 4.69) is 13.8 Å². The minimum atomic E-state index is -3.33. The van der Waals surface area contributed by atoms with Crippen molar-refractivity contribution in [2.45, 2.75) is 36.5 Å². The molecule has 0 atom stereocenters. The molecule has 1 heterocycles. The maximum atomic E-state index is 12.6. The molecule has 1 aromatic rings. The third-order valence-electron chi connectivity index (χ3n) is 3.56. The molecule has 0 aliphatic carbocycles. The Morgan fingerprint density at radius 1 is 1.21 bits per heavy atom. The molecule has 0 saturated carbocycles. The van der Waals surface area contributed by atoms with Gasteiger partial charge in [-0.2, -0.15) is 4.31 Å². The van der Waals surface area contributed by atoms with Crippen molar-refractivity contribution in [3.63, 3.8) is 0 Å². The Morgan fingerprint density at radius 3 is 2.37 bits per heavy atom. The van der Waals surface area contributed by atoms with E-state index in [-0.39, 0.29) is 5.41 Å². The second-order valence-corrected chi connectivity index (χ2v) is 8.60. The first-order chi connectivity index (χ1) is 8.85. The van der Waals surface area contributed by atoms with Crippen LogP contribution in [0.1, 0.15) is 26.7 Å².